The molecule has 1 amide bonds. The van der Waals surface area contributed by atoms with Crippen molar-refractivity contribution in [2.45, 2.75) is 50.1 Å². The highest BCUT2D eigenvalue weighted by atomic mass is 32.2. The molecule has 1 aliphatic heterocycles. The number of ether oxygens (including phenoxy) is 1. The number of methoxy groups -OCH3 is 1. The molecule has 1 aliphatic rings. The number of benzene rings is 2. The molecule has 0 bridgehead atoms. The van der Waals surface area contributed by atoms with Gasteiger partial charge in [-0.15, -0.1) is 6.58 Å². The number of sulfonamides is 1. The highest BCUT2D eigenvalue weighted by Gasteiger charge is 2.32. The van der Waals surface area contributed by atoms with Crippen molar-refractivity contribution in [3.05, 3.63) is 65.5 Å². The lowest BCUT2D eigenvalue weighted by Crippen LogP contribution is -2.43. The number of hydrogen-bond donors (Lipinski definition) is 0. The van der Waals surface area contributed by atoms with E-state index in [9.17, 15) is 13.2 Å². The number of nitrogens with zero attached hydrogens (tertiary/aromatic N) is 3. The van der Waals surface area contributed by atoms with Gasteiger partial charge in [0.15, 0.2) is 4.80 Å². The first-order valence-electron chi connectivity index (χ1n) is 11.4. The normalized spacial score (nSPS) is 17.7. The fourth-order valence-corrected chi connectivity index (χ4v) is 7.22. The van der Waals surface area contributed by atoms with Crippen LogP contribution < -0.4 is 9.54 Å². The summed E-state index contributed by atoms with van der Waals surface area (Å²) in [6.45, 7) is 6.84. The first kappa shape index (κ1) is 24.4. The molecule has 0 spiro atoms. The van der Waals surface area contributed by atoms with E-state index in [1.165, 1.54) is 35.6 Å². The van der Waals surface area contributed by atoms with Gasteiger partial charge in [-0.2, -0.15) is 9.30 Å². The first-order chi connectivity index (χ1) is 16.4. The molecule has 0 saturated carbocycles. The number of carbonyl (C=O) groups is 1. The van der Waals surface area contributed by atoms with E-state index in [0.717, 1.165) is 35.9 Å². The van der Waals surface area contributed by atoms with Crippen molar-refractivity contribution in [1.29, 1.82) is 0 Å². The topological polar surface area (TPSA) is 81.0 Å². The predicted octanol–water partition coefficient (Wildman–Crippen LogP) is 4.59. The van der Waals surface area contributed by atoms with Crippen molar-refractivity contribution < 1.29 is 17.9 Å². The Bertz CT molecular complexity index is 1370. The number of piperidine rings is 1. The molecule has 2 heterocycles. The van der Waals surface area contributed by atoms with Crippen LogP contribution in [0.25, 0.3) is 10.2 Å². The minimum absolute atomic E-state index is 0.0281. The lowest BCUT2D eigenvalue weighted by molar-refractivity contribution is 0.0997. The molecular formula is C25H29N3O4S2. The van der Waals surface area contributed by atoms with E-state index in [1.807, 2.05) is 29.7 Å². The van der Waals surface area contributed by atoms with Crippen molar-refractivity contribution in [1.82, 2.24) is 8.87 Å². The number of fused-ring (bicyclic) bond motifs is 1. The molecule has 180 valence electrons. The van der Waals surface area contributed by atoms with E-state index in [-0.39, 0.29) is 10.9 Å². The third kappa shape index (κ3) is 4.60. The first-order valence-corrected chi connectivity index (χ1v) is 13.6. The van der Waals surface area contributed by atoms with E-state index in [2.05, 4.69) is 11.6 Å². The van der Waals surface area contributed by atoms with Gasteiger partial charge in [0.2, 0.25) is 10.0 Å². The van der Waals surface area contributed by atoms with Crippen LogP contribution >= 0.6 is 11.3 Å². The molecular weight excluding hydrogens is 470 g/mol. The quantitative estimate of drug-likeness (QED) is 0.445. The van der Waals surface area contributed by atoms with Gasteiger partial charge >= 0.3 is 0 Å². The molecule has 7 nitrogen and oxygen atoms in total. The third-order valence-corrected chi connectivity index (χ3v) is 9.15. The average molecular weight is 500 g/mol. The Morgan fingerprint density at radius 3 is 2.68 bits per heavy atom. The average Bonchev–Trinajstić information content (AvgIpc) is 3.21. The Hall–Kier alpha value is -2.75. The maximum absolute atomic E-state index is 13.2. The van der Waals surface area contributed by atoms with Gasteiger partial charge in [0.25, 0.3) is 5.91 Å². The predicted molar refractivity (Wildman–Crippen MR) is 135 cm³/mol. The molecule has 0 radical (unpaired) electrons. The molecule has 0 N–H and O–H groups in total. The lowest BCUT2D eigenvalue weighted by atomic mass is 10.0. The van der Waals surface area contributed by atoms with Gasteiger partial charge in [-0.25, -0.2) is 8.42 Å². The summed E-state index contributed by atoms with van der Waals surface area (Å²) >= 11 is 1.39. The van der Waals surface area contributed by atoms with Crippen LogP contribution in [0.1, 0.15) is 43.0 Å². The highest BCUT2D eigenvalue weighted by Crippen LogP contribution is 2.28. The lowest BCUT2D eigenvalue weighted by Gasteiger charge is -2.34. The summed E-state index contributed by atoms with van der Waals surface area (Å²) in [6.07, 6.45) is 5.34. The van der Waals surface area contributed by atoms with E-state index in [4.69, 9.17) is 4.74 Å². The third-order valence-electron chi connectivity index (χ3n) is 6.15. The molecule has 0 aliphatic carbocycles. The van der Waals surface area contributed by atoms with Crippen molar-refractivity contribution in [3.8, 4) is 5.75 Å². The Morgan fingerprint density at radius 1 is 1.24 bits per heavy atom. The van der Waals surface area contributed by atoms with Crippen LogP contribution in [0.3, 0.4) is 0 Å². The SMILES string of the molecule is C=CCn1c(=NC(=O)c2ccc(S(=O)(=O)N3CCCCC3CC)cc2)sc2cccc(OC)c21. The molecule has 3 aromatic rings. The highest BCUT2D eigenvalue weighted by molar-refractivity contribution is 7.89. The molecule has 1 fully saturated rings. The van der Waals surface area contributed by atoms with Gasteiger partial charge in [-0.3, -0.25) is 4.79 Å². The summed E-state index contributed by atoms with van der Waals surface area (Å²) in [5.74, 6) is 0.263. The molecule has 9 heteroatoms. The van der Waals surface area contributed by atoms with Gasteiger partial charge in [0.05, 0.1) is 16.7 Å². The summed E-state index contributed by atoms with van der Waals surface area (Å²) in [5, 5.41) is 0. The Balaban J connectivity index is 1.67. The number of carbonyl (C=O) groups excluding carboxylic acids is 1. The zero-order chi connectivity index (χ0) is 24.3. The van der Waals surface area contributed by atoms with Gasteiger partial charge in [-0.1, -0.05) is 36.8 Å². The van der Waals surface area contributed by atoms with E-state index in [1.54, 1.807) is 17.5 Å². The van der Waals surface area contributed by atoms with Gasteiger partial charge < -0.3 is 9.30 Å². The second kappa shape index (κ2) is 10.2. The molecule has 2 aromatic carbocycles. The summed E-state index contributed by atoms with van der Waals surface area (Å²) in [5.41, 5.74) is 1.19. The summed E-state index contributed by atoms with van der Waals surface area (Å²) < 4.78 is 36.3. The summed E-state index contributed by atoms with van der Waals surface area (Å²) in [4.78, 5) is 18.1. The van der Waals surface area contributed by atoms with Crippen molar-refractivity contribution in [2.24, 2.45) is 4.99 Å². The van der Waals surface area contributed by atoms with Crippen molar-refractivity contribution in [2.75, 3.05) is 13.7 Å². The van der Waals surface area contributed by atoms with Crippen LogP contribution in [0.4, 0.5) is 0 Å². The van der Waals surface area contributed by atoms with Gasteiger partial charge in [0, 0.05) is 24.7 Å². The minimum atomic E-state index is -3.60. The molecule has 1 aromatic heterocycles. The second-order valence-electron chi connectivity index (χ2n) is 8.21. The zero-order valence-electron chi connectivity index (χ0n) is 19.4. The van der Waals surface area contributed by atoms with Crippen LogP contribution in [0.15, 0.2) is 65.0 Å². The second-order valence-corrected chi connectivity index (χ2v) is 11.1. The van der Waals surface area contributed by atoms with E-state index >= 15 is 0 Å². The summed E-state index contributed by atoms with van der Waals surface area (Å²) in [6, 6.07) is 11.8. The standard InChI is InChI=1S/C25H29N3O4S2/c1-4-16-27-23-21(32-3)10-8-11-22(23)33-25(27)26-24(29)18-12-14-20(15-13-18)34(30,31)28-17-7-6-9-19(28)5-2/h4,8,10-15,19H,1,5-7,9,16-17H2,2-3H3. The molecule has 34 heavy (non-hydrogen) atoms. The Morgan fingerprint density at radius 2 is 2.00 bits per heavy atom. The number of aromatic nitrogens is 1. The molecule has 1 unspecified atom stereocenters. The number of allylic oxidation sites excluding steroid dienone is 1. The molecule has 1 atom stereocenters. The number of hydrogen-bond acceptors (Lipinski definition) is 5. The molecule has 4 rings (SSSR count). The van der Waals surface area contributed by atoms with Crippen LogP contribution in [0, 0.1) is 0 Å². The number of thiazole rings is 1. The number of rotatable bonds is 7. The number of para-hydroxylation sites is 1. The van der Waals surface area contributed by atoms with Crippen molar-refractivity contribution >= 4 is 37.5 Å². The minimum Gasteiger partial charge on any atom is -0.495 e. The van der Waals surface area contributed by atoms with Crippen LogP contribution in [-0.2, 0) is 16.6 Å². The van der Waals surface area contributed by atoms with E-state index < -0.39 is 15.9 Å². The fraction of sp³-hybridized carbons (Fsp3) is 0.360. The van der Waals surface area contributed by atoms with Gasteiger partial charge in [-0.05, 0) is 55.7 Å². The Kier molecular flexibility index (Phi) is 7.35. The largest absolute Gasteiger partial charge is 0.495 e. The fourth-order valence-electron chi connectivity index (χ4n) is 4.40. The monoisotopic (exact) mass is 499 g/mol. The van der Waals surface area contributed by atoms with Crippen LogP contribution in [-0.4, -0.2) is 42.9 Å². The smallest absolute Gasteiger partial charge is 0.279 e. The zero-order valence-corrected chi connectivity index (χ0v) is 21.1. The van der Waals surface area contributed by atoms with E-state index in [0.29, 0.717) is 29.2 Å². The van der Waals surface area contributed by atoms with Crippen molar-refractivity contribution in [3.63, 3.8) is 0 Å². The van der Waals surface area contributed by atoms with Crippen LogP contribution in [0.2, 0.25) is 0 Å². The Labute approximate surface area is 204 Å². The summed E-state index contributed by atoms with van der Waals surface area (Å²) in [7, 11) is -1.99. The number of amides is 1. The van der Waals surface area contributed by atoms with Gasteiger partial charge in [0.1, 0.15) is 11.3 Å². The van der Waals surface area contributed by atoms with Crippen LogP contribution in [0.5, 0.6) is 5.75 Å². The molecule has 1 saturated heterocycles. The maximum atomic E-state index is 13.2. The maximum Gasteiger partial charge on any atom is 0.279 e.